The predicted octanol–water partition coefficient (Wildman–Crippen LogP) is 3.68. The molecule has 27 heavy (non-hydrogen) atoms. The maximum absolute atomic E-state index is 13.7. The van der Waals surface area contributed by atoms with Crippen molar-refractivity contribution in [1.29, 1.82) is 0 Å². The highest BCUT2D eigenvalue weighted by molar-refractivity contribution is 14.0. The highest BCUT2D eigenvalue weighted by atomic mass is 127. The van der Waals surface area contributed by atoms with E-state index >= 15 is 0 Å². The number of hydrogen-bond acceptors (Lipinski definition) is 3. The fourth-order valence-corrected chi connectivity index (χ4v) is 2.64. The van der Waals surface area contributed by atoms with E-state index in [1.54, 1.807) is 20.2 Å². The van der Waals surface area contributed by atoms with Crippen molar-refractivity contribution in [3.8, 4) is 11.5 Å². The Morgan fingerprint density at radius 2 is 1.74 bits per heavy atom. The van der Waals surface area contributed by atoms with Gasteiger partial charge in [-0.15, -0.1) is 24.0 Å². The van der Waals surface area contributed by atoms with Crippen molar-refractivity contribution in [3.05, 3.63) is 58.9 Å². The van der Waals surface area contributed by atoms with Crippen molar-refractivity contribution in [3.63, 3.8) is 0 Å². The minimum Gasteiger partial charge on any atom is -0.496 e. The lowest BCUT2D eigenvalue weighted by Crippen LogP contribution is -2.37. The summed E-state index contributed by atoms with van der Waals surface area (Å²) in [6.07, 6.45) is 0.808. The molecule has 0 spiro atoms. The molecule has 0 unspecified atom stereocenters. The number of ether oxygens (including phenoxy) is 2. The van der Waals surface area contributed by atoms with E-state index in [0.29, 0.717) is 19.0 Å². The van der Waals surface area contributed by atoms with Gasteiger partial charge in [0.2, 0.25) is 0 Å². The number of halogens is 2. The molecular weight excluding hydrogens is 460 g/mol. The average molecular weight is 487 g/mol. The summed E-state index contributed by atoms with van der Waals surface area (Å²) in [7, 11) is 4.83. The lowest BCUT2D eigenvalue weighted by atomic mass is 10.1. The van der Waals surface area contributed by atoms with E-state index in [-0.39, 0.29) is 35.5 Å². The Bertz CT molecular complexity index is 769. The molecule has 0 radical (unpaired) electrons. The van der Waals surface area contributed by atoms with Gasteiger partial charge in [-0.25, -0.2) is 4.39 Å². The number of aliphatic imine (C=N–C) groups is 1. The van der Waals surface area contributed by atoms with Crippen molar-refractivity contribution in [2.45, 2.75) is 19.9 Å². The second-order valence-corrected chi connectivity index (χ2v) is 5.89. The van der Waals surface area contributed by atoms with Crippen LogP contribution >= 0.6 is 24.0 Å². The lowest BCUT2D eigenvalue weighted by molar-refractivity contribution is 0.386. The van der Waals surface area contributed by atoms with Crippen LogP contribution in [0.25, 0.3) is 0 Å². The van der Waals surface area contributed by atoms with Crippen molar-refractivity contribution in [2.24, 2.45) is 4.99 Å². The van der Waals surface area contributed by atoms with E-state index < -0.39 is 0 Å². The van der Waals surface area contributed by atoms with Crippen LogP contribution in [-0.4, -0.2) is 33.8 Å². The van der Waals surface area contributed by atoms with Gasteiger partial charge in [0, 0.05) is 20.1 Å². The molecular formula is C20H27FIN3O2. The van der Waals surface area contributed by atoms with Gasteiger partial charge in [-0.05, 0) is 42.7 Å². The Kier molecular flexibility index (Phi) is 9.92. The first-order chi connectivity index (χ1) is 12.6. The van der Waals surface area contributed by atoms with Crippen LogP contribution in [0, 0.1) is 12.7 Å². The molecule has 0 aliphatic heterocycles. The van der Waals surface area contributed by atoms with Crippen LogP contribution in [0.2, 0.25) is 0 Å². The van der Waals surface area contributed by atoms with Crippen LogP contribution < -0.4 is 20.1 Å². The van der Waals surface area contributed by atoms with Crippen molar-refractivity contribution in [1.82, 2.24) is 10.6 Å². The molecule has 0 saturated carbocycles. The number of methoxy groups -OCH3 is 2. The topological polar surface area (TPSA) is 54.9 Å². The number of guanidine groups is 1. The number of nitrogens with zero attached hydrogens (tertiary/aromatic N) is 1. The third-order valence-corrected chi connectivity index (χ3v) is 4.02. The highest BCUT2D eigenvalue weighted by Gasteiger charge is 2.06. The fraction of sp³-hybridized carbons (Fsp3) is 0.350. The molecule has 0 atom stereocenters. The van der Waals surface area contributed by atoms with Gasteiger partial charge in [0.1, 0.15) is 5.75 Å². The van der Waals surface area contributed by atoms with Crippen LogP contribution in [0.1, 0.15) is 16.7 Å². The molecule has 0 aliphatic carbocycles. The van der Waals surface area contributed by atoms with Crippen molar-refractivity contribution < 1.29 is 13.9 Å². The standard InChI is InChI=1S/C20H26FN3O2.HI/c1-14-5-7-18(25-3)16(11-14)9-10-23-20(22-2)24-13-15-6-8-19(26-4)17(21)12-15;/h5-8,11-12H,9-10,13H2,1-4H3,(H2,22,23,24);1H. The molecule has 0 amide bonds. The van der Waals surface area contributed by atoms with Gasteiger partial charge in [0.15, 0.2) is 17.5 Å². The minimum atomic E-state index is -0.374. The summed E-state index contributed by atoms with van der Waals surface area (Å²) in [5, 5.41) is 6.44. The van der Waals surface area contributed by atoms with Gasteiger partial charge in [-0.1, -0.05) is 23.8 Å². The normalized spacial score (nSPS) is 10.8. The molecule has 0 fully saturated rings. The van der Waals surface area contributed by atoms with Crippen molar-refractivity contribution in [2.75, 3.05) is 27.8 Å². The summed E-state index contributed by atoms with van der Waals surface area (Å²) >= 11 is 0. The number of nitrogens with one attached hydrogen (secondary N) is 2. The van der Waals surface area contributed by atoms with E-state index in [0.717, 1.165) is 23.3 Å². The van der Waals surface area contributed by atoms with Gasteiger partial charge in [-0.3, -0.25) is 4.99 Å². The Labute approximate surface area is 177 Å². The first kappa shape index (κ1) is 23.0. The van der Waals surface area contributed by atoms with Gasteiger partial charge >= 0.3 is 0 Å². The molecule has 0 bridgehead atoms. The Morgan fingerprint density at radius 3 is 2.37 bits per heavy atom. The molecule has 2 N–H and O–H groups in total. The van der Waals surface area contributed by atoms with E-state index in [1.807, 2.05) is 18.2 Å². The zero-order valence-electron chi connectivity index (χ0n) is 16.1. The number of benzene rings is 2. The molecule has 0 saturated heterocycles. The van der Waals surface area contributed by atoms with Gasteiger partial charge in [0.05, 0.1) is 14.2 Å². The summed E-state index contributed by atoms with van der Waals surface area (Å²) in [5.74, 6) is 1.41. The summed E-state index contributed by atoms with van der Waals surface area (Å²) in [6, 6.07) is 11.0. The molecule has 7 heteroatoms. The Hall–Kier alpha value is -2.03. The Balaban J connectivity index is 0.00000364. The number of aryl methyl sites for hydroxylation is 1. The summed E-state index contributed by atoms with van der Waals surface area (Å²) in [4.78, 5) is 4.20. The third kappa shape index (κ3) is 6.89. The molecule has 2 aromatic carbocycles. The number of hydrogen-bond donors (Lipinski definition) is 2. The summed E-state index contributed by atoms with van der Waals surface area (Å²) in [6.45, 7) is 3.23. The monoisotopic (exact) mass is 487 g/mol. The number of rotatable bonds is 7. The first-order valence-electron chi connectivity index (χ1n) is 8.47. The molecule has 2 aromatic rings. The third-order valence-electron chi connectivity index (χ3n) is 4.02. The minimum absolute atomic E-state index is 0. The van der Waals surface area contributed by atoms with Crippen LogP contribution in [0.5, 0.6) is 11.5 Å². The average Bonchev–Trinajstić information content (AvgIpc) is 2.64. The van der Waals surface area contributed by atoms with Gasteiger partial charge in [-0.2, -0.15) is 0 Å². The maximum atomic E-state index is 13.7. The van der Waals surface area contributed by atoms with Crippen LogP contribution in [0.3, 0.4) is 0 Å². The first-order valence-corrected chi connectivity index (χ1v) is 8.47. The molecule has 0 aliphatic rings. The fourth-order valence-electron chi connectivity index (χ4n) is 2.64. The summed E-state index contributed by atoms with van der Waals surface area (Å²) < 4.78 is 24.1. The highest BCUT2D eigenvalue weighted by Crippen LogP contribution is 2.20. The van der Waals surface area contributed by atoms with Crippen molar-refractivity contribution >= 4 is 29.9 Å². The van der Waals surface area contributed by atoms with Crippen LogP contribution in [0.15, 0.2) is 41.4 Å². The molecule has 0 heterocycles. The smallest absolute Gasteiger partial charge is 0.191 e. The van der Waals surface area contributed by atoms with Gasteiger partial charge < -0.3 is 20.1 Å². The van der Waals surface area contributed by atoms with Crippen LogP contribution in [0.4, 0.5) is 4.39 Å². The largest absolute Gasteiger partial charge is 0.496 e. The quantitative estimate of drug-likeness (QED) is 0.356. The van der Waals surface area contributed by atoms with E-state index in [4.69, 9.17) is 9.47 Å². The lowest BCUT2D eigenvalue weighted by Gasteiger charge is -2.14. The summed E-state index contributed by atoms with van der Waals surface area (Å²) in [5.41, 5.74) is 3.16. The van der Waals surface area contributed by atoms with E-state index in [9.17, 15) is 4.39 Å². The SMILES string of the molecule is CN=C(NCCc1cc(C)ccc1OC)NCc1ccc(OC)c(F)c1.I. The zero-order valence-corrected chi connectivity index (χ0v) is 18.5. The Morgan fingerprint density at radius 1 is 1.04 bits per heavy atom. The maximum Gasteiger partial charge on any atom is 0.191 e. The van der Waals surface area contributed by atoms with Gasteiger partial charge in [0.25, 0.3) is 0 Å². The van der Waals surface area contributed by atoms with E-state index in [2.05, 4.69) is 28.6 Å². The van der Waals surface area contributed by atoms with Crippen LogP contribution in [-0.2, 0) is 13.0 Å². The zero-order chi connectivity index (χ0) is 18.9. The molecule has 148 valence electrons. The molecule has 0 aromatic heterocycles. The van der Waals surface area contributed by atoms with E-state index in [1.165, 1.54) is 18.7 Å². The predicted molar refractivity (Wildman–Crippen MR) is 118 cm³/mol. The second-order valence-electron chi connectivity index (χ2n) is 5.89. The molecule has 5 nitrogen and oxygen atoms in total. The molecule has 2 rings (SSSR count). The second kappa shape index (κ2) is 11.6.